The van der Waals surface area contributed by atoms with Gasteiger partial charge in [-0.1, -0.05) is 6.07 Å². The summed E-state index contributed by atoms with van der Waals surface area (Å²) in [4.78, 5) is 14.2. The number of carbonyl (C=O) groups is 1. The van der Waals surface area contributed by atoms with E-state index < -0.39 is 11.7 Å². The Morgan fingerprint density at radius 3 is 3.05 bits per heavy atom. The van der Waals surface area contributed by atoms with E-state index in [1.807, 2.05) is 0 Å². The molecule has 1 aromatic rings. The minimum Gasteiger partial charge on any atom is -0.436 e. The van der Waals surface area contributed by atoms with E-state index in [1.165, 1.54) is 18.9 Å². The molecule has 2 heterocycles. The zero-order valence-electron chi connectivity index (χ0n) is 11.2. The number of hydrogen-bond acceptors (Lipinski definition) is 3. The molecular weight excluding hydrogens is 259 g/mol. The monoisotopic (exact) mass is 276 g/mol. The van der Waals surface area contributed by atoms with Crippen molar-refractivity contribution in [1.82, 2.24) is 4.90 Å². The van der Waals surface area contributed by atoms with Gasteiger partial charge in [-0.15, -0.1) is 0 Å². The maximum Gasteiger partial charge on any atom is 0.412 e. The van der Waals surface area contributed by atoms with Crippen molar-refractivity contribution in [2.75, 3.05) is 18.4 Å². The summed E-state index contributed by atoms with van der Waals surface area (Å²) in [5.74, 6) is -0.292. The van der Waals surface area contributed by atoms with Crippen molar-refractivity contribution < 1.29 is 13.9 Å². The van der Waals surface area contributed by atoms with Crippen molar-refractivity contribution in [2.24, 2.45) is 0 Å². The van der Waals surface area contributed by atoms with Crippen molar-refractivity contribution in [1.29, 1.82) is 0 Å². The Bertz CT molecular complexity index is 573. The molecule has 1 atom stereocenters. The summed E-state index contributed by atoms with van der Waals surface area (Å²) in [7, 11) is 0. The van der Waals surface area contributed by atoms with Gasteiger partial charge in [0.2, 0.25) is 0 Å². The number of amides is 1. The van der Waals surface area contributed by atoms with Crippen LogP contribution >= 0.6 is 0 Å². The second-order valence-corrected chi connectivity index (χ2v) is 5.98. The van der Waals surface area contributed by atoms with Gasteiger partial charge in [-0.25, -0.2) is 9.18 Å². The van der Waals surface area contributed by atoms with E-state index in [2.05, 4.69) is 10.2 Å². The molecule has 0 bridgehead atoms. The van der Waals surface area contributed by atoms with Gasteiger partial charge in [-0.3, -0.25) is 10.2 Å². The van der Waals surface area contributed by atoms with Crippen molar-refractivity contribution in [3.05, 3.63) is 29.6 Å². The van der Waals surface area contributed by atoms with Crippen LogP contribution in [0.4, 0.5) is 14.9 Å². The van der Waals surface area contributed by atoms with Gasteiger partial charge >= 0.3 is 6.09 Å². The molecular formula is C15H17FN2O2. The van der Waals surface area contributed by atoms with Gasteiger partial charge in [0.25, 0.3) is 0 Å². The van der Waals surface area contributed by atoms with E-state index in [4.69, 9.17) is 4.74 Å². The third-order valence-electron chi connectivity index (χ3n) is 4.54. The minimum atomic E-state index is -0.816. The predicted molar refractivity (Wildman–Crippen MR) is 72.0 cm³/mol. The largest absolute Gasteiger partial charge is 0.436 e. The molecule has 20 heavy (non-hydrogen) atoms. The highest BCUT2D eigenvalue weighted by atomic mass is 19.1. The Labute approximate surface area is 116 Å². The predicted octanol–water partition coefficient (Wildman–Crippen LogP) is 2.84. The Kier molecular flexibility index (Phi) is 2.54. The molecule has 106 valence electrons. The van der Waals surface area contributed by atoms with Crippen molar-refractivity contribution in [2.45, 2.75) is 37.3 Å². The van der Waals surface area contributed by atoms with Crippen LogP contribution < -0.4 is 5.32 Å². The van der Waals surface area contributed by atoms with Gasteiger partial charge in [0.15, 0.2) is 5.60 Å². The van der Waals surface area contributed by atoms with Crippen LogP contribution in [0.25, 0.3) is 0 Å². The number of nitrogens with zero attached hydrogens (tertiary/aromatic N) is 1. The molecule has 2 fully saturated rings. The fourth-order valence-electron chi connectivity index (χ4n) is 3.55. The standard InChI is InChI=1S/C15H17FN2O2/c16-11-3-1-4-12-13(11)15(20-14(19)17-12)7-2-8-18(9-15)10-5-6-10/h1,3-4,10H,2,5-9H2,(H,17,19). The number of carbonyl (C=O) groups excluding carboxylic acids is 1. The molecule has 5 heteroatoms. The quantitative estimate of drug-likeness (QED) is 0.857. The number of ether oxygens (including phenoxy) is 1. The number of piperidine rings is 1. The van der Waals surface area contributed by atoms with Crippen LogP contribution in [-0.4, -0.2) is 30.1 Å². The normalized spacial score (nSPS) is 29.8. The summed E-state index contributed by atoms with van der Waals surface area (Å²) in [6, 6.07) is 5.40. The Balaban J connectivity index is 1.78. The number of fused-ring (bicyclic) bond motifs is 2. The third kappa shape index (κ3) is 1.80. The van der Waals surface area contributed by atoms with Gasteiger partial charge in [-0.2, -0.15) is 0 Å². The summed E-state index contributed by atoms with van der Waals surface area (Å²) >= 11 is 0. The molecule has 0 radical (unpaired) electrons. The molecule has 0 aromatic heterocycles. The van der Waals surface area contributed by atoms with Gasteiger partial charge in [0, 0.05) is 12.6 Å². The number of hydrogen-bond donors (Lipinski definition) is 1. The highest BCUT2D eigenvalue weighted by Crippen LogP contribution is 2.45. The third-order valence-corrected chi connectivity index (χ3v) is 4.54. The van der Waals surface area contributed by atoms with Crippen LogP contribution in [0.2, 0.25) is 0 Å². The van der Waals surface area contributed by atoms with Gasteiger partial charge in [0.05, 0.1) is 11.3 Å². The molecule has 1 N–H and O–H groups in total. The summed E-state index contributed by atoms with van der Waals surface area (Å²) in [6.45, 7) is 1.63. The van der Waals surface area contributed by atoms with E-state index in [9.17, 15) is 9.18 Å². The van der Waals surface area contributed by atoms with E-state index in [0.717, 1.165) is 13.0 Å². The smallest absolute Gasteiger partial charge is 0.412 e. The number of nitrogens with one attached hydrogen (secondary N) is 1. The first-order valence-electron chi connectivity index (χ1n) is 7.21. The second kappa shape index (κ2) is 4.19. The first-order valence-corrected chi connectivity index (χ1v) is 7.21. The van der Waals surface area contributed by atoms with Crippen LogP contribution in [0.5, 0.6) is 0 Å². The van der Waals surface area contributed by atoms with Crippen LogP contribution in [0.1, 0.15) is 31.2 Å². The molecule has 1 saturated carbocycles. The molecule has 1 aromatic carbocycles. The molecule has 4 rings (SSSR count). The molecule has 1 aliphatic carbocycles. The molecule has 1 saturated heterocycles. The highest BCUT2D eigenvalue weighted by molar-refractivity contribution is 5.89. The number of rotatable bonds is 1. The fraction of sp³-hybridized carbons (Fsp3) is 0.533. The first-order chi connectivity index (χ1) is 9.68. The molecule has 1 unspecified atom stereocenters. The van der Waals surface area contributed by atoms with Gasteiger partial charge in [-0.05, 0) is 44.4 Å². The average molecular weight is 276 g/mol. The van der Waals surface area contributed by atoms with Crippen molar-refractivity contribution in [3.8, 4) is 0 Å². The molecule has 2 aliphatic heterocycles. The summed E-state index contributed by atoms with van der Waals surface area (Å²) in [6.07, 6.45) is 3.55. The minimum absolute atomic E-state index is 0.292. The van der Waals surface area contributed by atoms with Crippen molar-refractivity contribution in [3.63, 3.8) is 0 Å². The topological polar surface area (TPSA) is 41.6 Å². The Morgan fingerprint density at radius 2 is 2.25 bits per heavy atom. The Hall–Kier alpha value is -1.62. The molecule has 1 amide bonds. The lowest BCUT2D eigenvalue weighted by Gasteiger charge is -2.45. The molecule has 3 aliphatic rings. The molecule has 4 nitrogen and oxygen atoms in total. The fourth-order valence-corrected chi connectivity index (χ4v) is 3.55. The maximum absolute atomic E-state index is 14.3. The maximum atomic E-state index is 14.3. The van der Waals surface area contributed by atoms with Crippen LogP contribution in [0.15, 0.2) is 18.2 Å². The SMILES string of the molecule is O=C1Nc2cccc(F)c2C2(CCCN(C3CC3)C2)O1. The summed E-state index contributed by atoms with van der Waals surface area (Å²) < 4.78 is 19.9. The van der Waals surface area contributed by atoms with Gasteiger partial charge in [0.1, 0.15) is 5.82 Å². The summed E-state index contributed by atoms with van der Waals surface area (Å²) in [5, 5.41) is 2.61. The highest BCUT2D eigenvalue weighted by Gasteiger charge is 2.49. The number of likely N-dealkylation sites (tertiary alicyclic amines) is 1. The Morgan fingerprint density at radius 1 is 1.40 bits per heavy atom. The number of halogens is 1. The number of anilines is 1. The lowest BCUT2D eigenvalue weighted by molar-refractivity contribution is -0.0504. The van der Waals surface area contributed by atoms with Crippen LogP contribution in [0.3, 0.4) is 0 Å². The first kappa shape index (κ1) is 12.1. The summed E-state index contributed by atoms with van der Waals surface area (Å²) in [5.41, 5.74) is 0.257. The van der Waals surface area contributed by atoms with Crippen molar-refractivity contribution >= 4 is 11.8 Å². The van der Waals surface area contributed by atoms with E-state index in [1.54, 1.807) is 12.1 Å². The van der Waals surface area contributed by atoms with E-state index in [-0.39, 0.29) is 5.82 Å². The average Bonchev–Trinajstić information content (AvgIpc) is 3.22. The molecule has 1 spiro atoms. The van der Waals surface area contributed by atoms with Gasteiger partial charge < -0.3 is 4.74 Å². The van der Waals surface area contributed by atoms with E-state index >= 15 is 0 Å². The van der Waals surface area contributed by atoms with E-state index in [0.29, 0.717) is 30.3 Å². The zero-order valence-corrected chi connectivity index (χ0v) is 11.2. The zero-order chi connectivity index (χ0) is 13.7. The second-order valence-electron chi connectivity index (χ2n) is 5.98. The van der Waals surface area contributed by atoms with Crippen LogP contribution in [-0.2, 0) is 10.3 Å². The lowest BCUT2D eigenvalue weighted by Crippen LogP contribution is -2.52. The number of benzene rings is 1. The lowest BCUT2D eigenvalue weighted by atomic mass is 9.83. The van der Waals surface area contributed by atoms with Crippen LogP contribution in [0, 0.1) is 5.82 Å².